The Bertz CT molecular complexity index is 1040. The van der Waals surface area contributed by atoms with Crippen molar-refractivity contribution in [1.29, 1.82) is 0 Å². The maximum Gasteiger partial charge on any atom is 0.416 e. The second kappa shape index (κ2) is 8.27. The number of nitrogens with one attached hydrogen (secondary N) is 1. The van der Waals surface area contributed by atoms with E-state index in [0.717, 1.165) is 5.56 Å². The maximum absolute atomic E-state index is 13.9. The molecule has 1 aliphatic heterocycles. The van der Waals surface area contributed by atoms with E-state index in [-0.39, 0.29) is 24.4 Å². The minimum Gasteiger partial charge on any atom is -0.447 e. The van der Waals surface area contributed by atoms with Crippen LogP contribution in [0.3, 0.4) is 0 Å². The molecule has 8 nitrogen and oxygen atoms in total. The summed E-state index contributed by atoms with van der Waals surface area (Å²) >= 11 is 5.92. The fourth-order valence-corrected chi connectivity index (χ4v) is 3.23. The van der Waals surface area contributed by atoms with Crippen LogP contribution in [-0.2, 0) is 4.74 Å². The Morgan fingerprint density at radius 3 is 2.77 bits per heavy atom. The van der Waals surface area contributed by atoms with E-state index in [1.54, 1.807) is 12.1 Å². The number of aromatic nitrogens is 3. The molecule has 3 aromatic rings. The third-order valence-corrected chi connectivity index (χ3v) is 5.02. The topological polar surface area (TPSA) is 93.4 Å². The number of halogens is 2. The molecule has 4 rings (SSSR count). The van der Waals surface area contributed by atoms with Crippen molar-refractivity contribution in [3.63, 3.8) is 0 Å². The van der Waals surface area contributed by atoms with Gasteiger partial charge in [0.1, 0.15) is 30.3 Å². The summed E-state index contributed by atoms with van der Waals surface area (Å²) in [5.41, 5.74) is 1.49. The third kappa shape index (κ3) is 4.06. The number of anilines is 2. The van der Waals surface area contributed by atoms with E-state index in [4.69, 9.17) is 20.9 Å². The number of carbonyl (C=O) groups is 1. The molecule has 3 heterocycles. The van der Waals surface area contributed by atoms with Gasteiger partial charge < -0.3 is 14.6 Å². The van der Waals surface area contributed by atoms with Crippen molar-refractivity contribution in [2.24, 2.45) is 0 Å². The van der Waals surface area contributed by atoms with E-state index >= 15 is 0 Å². The highest BCUT2D eigenvalue weighted by Gasteiger charge is 2.39. The number of rotatable bonds is 6. The average Bonchev–Trinajstić information content (AvgIpc) is 3.36. The van der Waals surface area contributed by atoms with Crippen LogP contribution in [-0.4, -0.2) is 40.0 Å². The van der Waals surface area contributed by atoms with Crippen LogP contribution in [0.1, 0.15) is 25.6 Å². The van der Waals surface area contributed by atoms with Crippen molar-refractivity contribution in [3.05, 3.63) is 53.3 Å². The van der Waals surface area contributed by atoms with Crippen LogP contribution in [0, 0.1) is 0 Å². The zero-order chi connectivity index (χ0) is 21.3. The van der Waals surface area contributed by atoms with Gasteiger partial charge in [-0.15, -0.1) is 0 Å². The minimum absolute atomic E-state index is 0.0217. The molecule has 0 spiro atoms. The summed E-state index contributed by atoms with van der Waals surface area (Å²) < 4.78 is 24.2. The molecule has 10 heteroatoms. The standard InChI is InChI=1S/C20H19ClFN5O3/c1-11(22)16-10-29-20(28)27(16)18-7-8-23-19(25-18)24-12(2)15-9-17(30-26-15)13-3-5-14(21)6-4-13/h3-9,11-12,16H,10H2,1-2H3,(H,23,24,25)/t11-,12+,16-/m1/s1. The average molecular weight is 432 g/mol. The molecule has 0 aliphatic carbocycles. The number of hydrogen-bond donors (Lipinski definition) is 1. The first-order valence-corrected chi connectivity index (χ1v) is 9.72. The molecule has 1 N–H and O–H groups in total. The Morgan fingerprint density at radius 2 is 2.03 bits per heavy atom. The second-order valence-electron chi connectivity index (χ2n) is 6.92. The smallest absolute Gasteiger partial charge is 0.416 e. The van der Waals surface area contributed by atoms with Gasteiger partial charge in [-0.3, -0.25) is 4.90 Å². The number of nitrogens with zero attached hydrogens (tertiary/aromatic N) is 4. The van der Waals surface area contributed by atoms with Gasteiger partial charge in [0.25, 0.3) is 0 Å². The van der Waals surface area contributed by atoms with Crippen molar-refractivity contribution in [2.45, 2.75) is 32.1 Å². The molecular formula is C20H19ClFN5O3. The van der Waals surface area contributed by atoms with Gasteiger partial charge in [0.2, 0.25) is 5.95 Å². The summed E-state index contributed by atoms with van der Waals surface area (Å²) in [5, 5.41) is 7.85. The fraction of sp³-hybridized carbons (Fsp3) is 0.300. The second-order valence-corrected chi connectivity index (χ2v) is 7.36. The van der Waals surface area contributed by atoms with Crippen molar-refractivity contribution < 1.29 is 18.4 Å². The zero-order valence-electron chi connectivity index (χ0n) is 16.3. The van der Waals surface area contributed by atoms with Crippen LogP contribution in [0.15, 0.2) is 47.1 Å². The Balaban J connectivity index is 1.50. The molecule has 1 amide bonds. The number of ether oxygens (including phenoxy) is 1. The zero-order valence-corrected chi connectivity index (χ0v) is 17.0. The van der Waals surface area contributed by atoms with Crippen molar-refractivity contribution >= 4 is 29.5 Å². The largest absolute Gasteiger partial charge is 0.447 e. The van der Waals surface area contributed by atoms with Crippen LogP contribution < -0.4 is 10.2 Å². The van der Waals surface area contributed by atoms with Crippen LogP contribution in [0.4, 0.5) is 21.0 Å². The molecule has 1 saturated heterocycles. The van der Waals surface area contributed by atoms with E-state index < -0.39 is 18.3 Å². The maximum atomic E-state index is 13.9. The van der Waals surface area contributed by atoms with Crippen LogP contribution in [0.2, 0.25) is 5.02 Å². The van der Waals surface area contributed by atoms with Crippen LogP contribution >= 0.6 is 11.6 Å². The van der Waals surface area contributed by atoms with Gasteiger partial charge in [-0.1, -0.05) is 16.8 Å². The molecular weight excluding hydrogens is 413 g/mol. The molecule has 1 aromatic carbocycles. The number of hydrogen-bond acceptors (Lipinski definition) is 7. The van der Waals surface area contributed by atoms with E-state index in [9.17, 15) is 9.18 Å². The highest BCUT2D eigenvalue weighted by Crippen LogP contribution is 2.27. The molecule has 1 aliphatic rings. The van der Waals surface area contributed by atoms with Gasteiger partial charge in [0.15, 0.2) is 5.76 Å². The molecule has 156 valence electrons. The van der Waals surface area contributed by atoms with E-state index in [1.807, 2.05) is 25.1 Å². The van der Waals surface area contributed by atoms with Gasteiger partial charge in [-0.25, -0.2) is 14.2 Å². The molecule has 0 unspecified atom stereocenters. The quantitative estimate of drug-likeness (QED) is 0.607. The van der Waals surface area contributed by atoms with Gasteiger partial charge >= 0.3 is 6.09 Å². The Kier molecular flexibility index (Phi) is 5.54. The lowest BCUT2D eigenvalue weighted by atomic mass is 10.1. The first-order valence-electron chi connectivity index (χ1n) is 9.34. The first kappa shape index (κ1) is 20.1. The summed E-state index contributed by atoms with van der Waals surface area (Å²) in [6.45, 7) is 3.23. The first-order chi connectivity index (χ1) is 14.4. The normalized spacial score (nSPS) is 18.2. The number of amides is 1. The summed E-state index contributed by atoms with van der Waals surface area (Å²) in [6, 6.07) is 9.56. The van der Waals surface area contributed by atoms with Crippen LogP contribution in [0.25, 0.3) is 11.3 Å². The van der Waals surface area contributed by atoms with Crippen molar-refractivity contribution in [1.82, 2.24) is 15.1 Å². The number of benzene rings is 1. The Hall–Kier alpha value is -3.20. The van der Waals surface area contributed by atoms with Crippen LogP contribution in [0.5, 0.6) is 0 Å². The molecule has 3 atom stereocenters. The third-order valence-electron chi connectivity index (χ3n) is 4.77. The highest BCUT2D eigenvalue weighted by molar-refractivity contribution is 6.30. The lowest BCUT2D eigenvalue weighted by Crippen LogP contribution is -2.39. The molecule has 0 radical (unpaired) electrons. The Labute approximate surface area is 177 Å². The summed E-state index contributed by atoms with van der Waals surface area (Å²) in [6.07, 6.45) is -0.403. The highest BCUT2D eigenvalue weighted by atomic mass is 35.5. The van der Waals surface area contributed by atoms with Crippen molar-refractivity contribution in [3.8, 4) is 11.3 Å². The van der Waals surface area contributed by atoms with E-state index in [1.165, 1.54) is 24.1 Å². The number of carbonyl (C=O) groups excluding carboxylic acids is 1. The molecule has 0 bridgehead atoms. The number of alkyl halides is 1. The fourth-order valence-electron chi connectivity index (χ4n) is 3.10. The molecule has 2 aromatic heterocycles. The summed E-state index contributed by atoms with van der Waals surface area (Å²) in [7, 11) is 0. The van der Waals surface area contributed by atoms with Gasteiger partial charge in [-0.2, -0.15) is 4.98 Å². The Morgan fingerprint density at radius 1 is 1.27 bits per heavy atom. The van der Waals surface area contributed by atoms with Gasteiger partial charge in [0.05, 0.1) is 6.04 Å². The lowest BCUT2D eigenvalue weighted by Gasteiger charge is -2.21. The summed E-state index contributed by atoms with van der Waals surface area (Å²) in [5.74, 6) is 1.13. The predicted octanol–water partition coefficient (Wildman–Crippen LogP) is 4.64. The predicted molar refractivity (Wildman–Crippen MR) is 109 cm³/mol. The summed E-state index contributed by atoms with van der Waals surface area (Å²) in [4.78, 5) is 21.8. The molecule has 0 saturated carbocycles. The van der Waals surface area contributed by atoms with Gasteiger partial charge in [0, 0.05) is 22.8 Å². The van der Waals surface area contributed by atoms with E-state index in [0.29, 0.717) is 16.5 Å². The van der Waals surface area contributed by atoms with Crippen molar-refractivity contribution in [2.75, 3.05) is 16.8 Å². The molecule has 1 fully saturated rings. The molecule has 30 heavy (non-hydrogen) atoms. The number of cyclic esters (lactones) is 1. The minimum atomic E-state index is -1.26. The van der Waals surface area contributed by atoms with Gasteiger partial charge in [-0.05, 0) is 44.2 Å². The SMILES string of the molecule is C[C@H](Nc1nccc(N2C(=O)OC[C@@H]2[C@@H](C)F)n1)c1cc(-c2ccc(Cl)cc2)on1. The lowest BCUT2D eigenvalue weighted by molar-refractivity contribution is 0.174. The monoisotopic (exact) mass is 431 g/mol. The van der Waals surface area contributed by atoms with E-state index in [2.05, 4.69) is 20.4 Å².